The lowest BCUT2D eigenvalue weighted by Crippen LogP contribution is -2.49. The van der Waals surface area contributed by atoms with E-state index >= 15 is 0 Å². The number of nitrogens with one attached hydrogen (secondary N) is 2. The molecular formula is C22H30N6O. The largest absolute Gasteiger partial charge is 0.357 e. The first-order chi connectivity index (χ1) is 14.3. The molecule has 154 valence electrons. The zero-order valence-corrected chi connectivity index (χ0v) is 17.1. The zero-order valence-electron chi connectivity index (χ0n) is 17.1. The molecule has 0 aliphatic carbocycles. The second kappa shape index (κ2) is 11.0. The van der Waals surface area contributed by atoms with Crippen LogP contribution in [0.1, 0.15) is 18.9 Å². The number of rotatable bonds is 7. The predicted molar refractivity (Wildman–Crippen MR) is 117 cm³/mol. The summed E-state index contributed by atoms with van der Waals surface area (Å²) >= 11 is 0. The highest BCUT2D eigenvalue weighted by molar-refractivity contribution is 5.81. The van der Waals surface area contributed by atoms with Crippen LogP contribution in [-0.4, -0.2) is 61.0 Å². The van der Waals surface area contributed by atoms with Crippen LogP contribution < -0.4 is 15.5 Å². The van der Waals surface area contributed by atoms with Gasteiger partial charge in [-0.05, 0) is 24.6 Å². The first-order valence-corrected chi connectivity index (χ1v) is 10.3. The molecule has 1 saturated heterocycles. The average Bonchev–Trinajstić information content (AvgIpc) is 2.79. The lowest BCUT2D eigenvalue weighted by atomic mass is 10.2. The number of aromatic nitrogens is 1. The highest BCUT2D eigenvalue weighted by atomic mass is 16.2. The van der Waals surface area contributed by atoms with Gasteiger partial charge in [0.15, 0.2) is 5.96 Å². The van der Waals surface area contributed by atoms with E-state index in [1.54, 1.807) is 6.20 Å². The number of amides is 1. The molecule has 0 spiro atoms. The number of hydrogen-bond donors (Lipinski definition) is 2. The van der Waals surface area contributed by atoms with Crippen molar-refractivity contribution in [3.8, 4) is 0 Å². The van der Waals surface area contributed by atoms with Crippen molar-refractivity contribution in [3.05, 3.63) is 60.3 Å². The molecule has 7 nitrogen and oxygen atoms in total. The van der Waals surface area contributed by atoms with Crippen LogP contribution in [0.25, 0.3) is 0 Å². The van der Waals surface area contributed by atoms with E-state index in [-0.39, 0.29) is 5.91 Å². The van der Waals surface area contributed by atoms with Crippen molar-refractivity contribution < 1.29 is 4.79 Å². The zero-order chi connectivity index (χ0) is 20.3. The number of nitrogens with zero attached hydrogens (tertiary/aromatic N) is 4. The van der Waals surface area contributed by atoms with E-state index in [9.17, 15) is 4.79 Å². The van der Waals surface area contributed by atoms with Gasteiger partial charge in [-0.1, -0.05) is 36.4 Å². The van der Waals surface area contributed by atoms with Gasteiger partial charge in [0.1, 0.15) is 5.82 Å². The number of hydrogen-bond acceptors (Lipinski definition) is 4. The van der Waals surface area contributed by atoms with Crippen LogP contribution in [0.15, 0.2) is 59.7 Å². The number of carbonyl (C=O) groups is 1. The van der Waals surface area contributed by atoms with Crippen LogP contribution in [0.2, 0.25) is 0 Å². The Kier molecular flexibility index (Phi) is 7.86. The molecule has 2 aromatic rings. The summed E-state index contributed by atoms with van der Waals surface area (Å²) in [7, 11) is 0. The number of piperazine rings is 1. The van der Waals surface area contributed by atoms with Gasteiger partial charge in [0, 0.05) is 51.9 Å². The van der Waals surface area contributed by atoms with Gasteiger partial charge in [0.2, 0.25) is 5.91 Å². The standard InChI is InChI=1S/C22H30N6O/c1-2-23-22(26-18-19-8-4-3-5-9-19)25-13-11-21(29)28-16-14-27(15-17-28)20-10-6-7-12-24-20/h3-10,12H,2,11,13-18H2,1H3,(H2,23,25,26). The van der Waals surface area contributed by atoms with Crippen LogP contribution in [-0.2, 0) is 11.3 Å². The third kappa shape index (κ3) is 6.48. The van der Waals surface area contributed by atoms with Gasteiger partial charge in [-0.2, -0.15) is 0 Å². The number of carbonyl (C=O) groups excluding carboxylic acids is 1. The quantitative estimate of drug-likeness (QED) is 0.554. The Balaban J connectivity index is 1.41. The van der Waals surface area contributed by atoms with Crippen molar-refractivity contribution >= 4 is 17.7 Å². The van der Waals surface area contributed by atoms with Crippen molar-refractivity contribution in [2.75, 3.05) is 44.2 Å². The van der Waals surface area contributed by atoms with E-state index in [4.69, 9.17) is 0 Å². The molecule has 0 saturated carbocycles. The Bertz CT molecular complexity index is 772. The smallest absolute Gasteiger partial charge is 0.224 e. The predicted octanol–water partition coefficient (Wildman–Crippen LogP) is 1.88. The summed E-state index contributed by atoms with van der Waals surface area (Å²) in [6, 6.07) is 16.1. The van der Waals surface area contributed by atoms with E-state index in [0.717, 1.165) is 50.1 Å². The van der Waals surface area contributed by atoms with Crippen molar-refractivity contribution in [3.63, 3.8) is 0 Å². The third-order valence-electron chi connectivity index (χ3n) is 4.84. The summed E-state index contributed by atoms with van der Waals surface area (Å²) in [6.07, 6.45) is 2.26. The maximum Gasteiger partial charge on any atom is 0.224 e. The molecule has 2 N–H and O–H groups in total. The summed E-state index contributed by atoms with van der Waals surface area (Å²) in [5.74, 6) is 1.90. The topological polar surface area (TPSA) is 72.9 Å². The monoisotopic (exact) mass is 394 g/mol. The fraction of sp³-hybridized carbons (Fsp3) is 0.409. The van der Waals surface area contributed by atoms with Crippen LogP contribution >= 0.6 is 0 Å². The summed E-state index contributed by atoms with van der Waals surface area (Å²) in [5, 5.41) is 6.50. The van der Waals surface area contributed by atoms with E-state index in [1.165, 1.54) is 0 Å². The van der Waals surface area contributed by atoms with Gasteiger partial charge < -0.3 is 20.4 Å². The van der Waals surface area contributed by atoms with Crippen molar-refractivity contribution in [2.24, 2.45) is 4.99 Å². The molecule has 2 heterocycles. The fourth-order valence-electron chi connectivity index (χ4n) is 3.27. The molecule has 1 aliphatic rings. The Morgan fingerprint density at radius 1 is 1.03 bits per heavy atom. The van der Waals surface area contributed by atoms with Crippen LogP contribution in [0, 0.1) is 0 Å². The van der Waals surface area contributed by atoms with Crippen molar-refractivity contribution in [2.45, 2.75) is 19.9 Å². The van der Waals surface area contributed by atoms with Gasteiger partial charge in [-0.3, -0.25) is 4.79 Å². The third-order valence-corrected chi connectivity index (χ3v) is 4.84. The second-order valence-corrected chi connectivity index (χ2v) is 6.91. The lowest BCUT2D eigenvalue weighted by Gasteiger charge is -2.35. The molecule has 0 radical (unpaired) electrons. The van der Waals surface area contributed by atoms with Crippen LogP contribution in [0.3, 0.4) is 0 Å². The maximum atomic E-state index is 12.6. The molecule has 7 heteroatoms. The molecule has 3 rings (SSSR count). The normalized spacial score (nSPS) is 14.6. The van der Waals surface area contributed by atoms with E-state index in [2.05, 4.69) is 37.6 Å². The molecule has 29 heavy (non-hydrogen) atoms. The van der Waals surface area contributed by atoms with Crippen molar-refractivity contribution in [1.29, 1.82) is 0 Å². The van der Waals surface area contributed by atoms with Crippen LogP contribution in [0.5, 0.6) is 0 Å². The summed E-state index contributed by atoms with van der Waals surface area (Å²) < 4.78 is 0. The van der Waals surface area contributed by atoms with Gasteiger partial charge in [-0.15, -0.1) is 0 Å². The SMILES string of the molecule is CCNC(=NCc1ccccc1)NCCC(=O)N1CCN(c2ccccn2)CC1. The molecule has 1 fully saturated rings. The highest BCUT2D eigenvalue weighted by Crippen LogP contribution is 2.12. The maximum absolute atomic E-state index is 12.6. The van der Waals surface area contributed by atoms with Gasteiger partial charge in [0.05, 0.1) is 6.54 Å². The highest BCUT2D eigenvalue weighted by Gasteiger charge is 2.21. The fourth-order valence-corrected chi connectivity index (χ4v) is 3.27. The average molecular weight is 395 g/mol. The first kappa shape index (κ1) is 20.6. The molecular weight excluding hydrogens is 364 g/mol. The Hall–Kier alpha value is -3.09. The van der Waals surface area contributed by atoms with Gasteiger partial charge >= 0.3 is 0 Å². The summed E-state index contributed by atoms with van der Waals surface area (Å²) in [5.41, 5.74) is 1.16. The number of pyridine rings is 1. The first-order valence-electron chi connectivity index (χ1n) is 10.3. The Morgan fingerprint density at radius 2 is 1.79 bits per heavy atom. The number of guanidine groups is 1. The molecule has 0 unspecified atom stereocenters. The van der Waals surface area contributed by atoms with Crippen molar-refractivity contribution in [1.82, 2.24) is 20.5 Å². The molecule has 1 aromatic heterocycles. The molecule has 1 amide bonds. The molecule has 1 aliphatic heterocycles. The Morgan fingerprint density at radius 3 is 2.48 bits per heavy atom. The van der Waals surface area contributed by atoms with Gasteiger partial charge in [0.25, 0.3) is 0 Å². The summed E-state index contributed by atoms with van der Waals surface area (Å²) in [4.78, 5) is 25.7. The van der Waals surface area contributed by atoms with E-state index in [1.807, 2.05) is 48.2 Å². The minimum Gasteiger partial charge on any atom is -0.357 e. The number of anilines is 1. The second-order valence-electron chi connectivity index (χ2n) is 6.91. The summed E-state index contributed by atoms with van der Waals surface area (Å²) in [6.45, 7) is 7.10. The van der Waals surface area contributed by atoms with Gasteiger partial charge in [-0.25, -0.2) is 9.98 Å². The molecule has 1 aromatic carbocycles. The molecule has 0 bridgehead atoms. The lowest BCUT2D eigenvalue weighted by molar-refractivity contribution is -0.131. The minimum atomic E-state index is 0.178. The number of aliphatic imine (C=N–C) groups is 1. The van der Waals surface area contributed by atoms with E-state index < -0.39 is 0 Å². The number of benzene rings is 1. The van der Waals surface area contributed by atoms with E-state index in [0.29, 0.717) is 19.5 Å². The molecule has 0 atom stereocenters. The Labute approximate surface area is 172 Å². The minimum absolute atomic E-state index is 0.178. The van der Waals surface area contributed by atoms with Crippen LogP contribution in [0.4, 0.5) is 5.82 Å².